The van der Waals surface area contributed by atoms with Gasteiger partial charge in [0.2, 0.25) is 0 Å². The minimum atomic E-state index is 0.410. The van der Waals surface area contributed by atoms with Gasteiger partial charge in [0, 0.05) is 18.7 Å². The highest BCUT2D eigenvalue weighted by Gasteiger charge is 2.28. The van der Waals surface area contributed by atoms with Gasteiger partial charge in [-0.2, -0.15) is 0 Å². The van der Waals surface area contributed by atoms with Crippen molar-refractivity contribution in [1.82, 2.24) is 5.32 Å². The number of hydrogen-bond acceptors (Lipinski definition) is 2. The molecule has 2 unspecified atom stereocenters. The Kier molecular flexibility index (Phi) is 4.66. The quantitative estimate of drug-likeness (QED) is 0.745. The van der Waals surface area contributed by atoms with E-state index in [4.69, 9.17) is 4.74 Å². The molecule has 1 N–H and O–H groups in total. The summed E-state index contributed by atoms with van der Waals surface area (Å²) < 4.78 is 5.62. The molecule has 2 rings (SSSR count). The summed E-state index contributed by atoms with van der Waals surface area (Å²) in [5, 5.41) is 3.80. The van der Waals surface area contributed by atoms with E-state index in [-0.39, 0.29) is 0 Å². The van der Waals surface area contributed by atoms with E-state index in [1.54, 1.807) is 0 Å². The van der Waals surface area contributed by atoms with Crippen LogP contribution >= 0.6 is 0 Å². The maximum absolute atomic E-state index is 5.62. The highest BCUT2D eigenvalue weighted by molar-refractivity contribution is 4.84. The summed E-state index contributed by atoms with van der Waals surface area (Å²) in [5.41, 5.74) is 0. The normalized spacial score (nSPS) is 34.9. The summed E-state index contributed by atoms with van der Waals surface area (Å²) in [6, 6.07) is 1.27. The maximum Gasteiger partial charge on any atom is 0.0700 e. The van der Waals surface area contributed by atoms with Gasteiger partial charge in [-0.3, -0.25) is 0 Å². The van der Waals surface area contributed by atoms with E-state index >= 15 is 0 Å². The SMILES string of the molecule is CC1OCCC1N[C@@H](C)C1CCCCCC1. The molecule has 0 aromatic carbocycles. The van der Waals surface area contributed by atoms with Crippen molar-refractivity contribution in [3.63, 3.8) is 0 Å². The molecule has 0 aromatic heterocycles. The van der Waals surface area contributed by atoms with E-state index in [0.29, 0.717) is 18.2 Å². The fraction of sp³-hybridized carbons (Fsp3) is 1.00. The zero-order chi connectivity index (χ0) is 11.4. The van der Waals surface area contributed by atoms with Gasteiger partial charge in [0.05, 0.1) is 6.10 Å². The Morgan fingerprint density at radius 2 is 1.75 bits per heavy atom. The van der Waals surface area contributed by atoms with Crippen molar-refractivity contribution < 1.29 is 4.74 Å². The molecule has 1 saturated heterocycles. The number of hydrogen-bond donors (Lipinski definition) is 1. The summed E-state index contributed by atoms with van der Waals surface area (Å²) in [7, 11) is 0. The molecule has 16 heavy (non-hydrogen) atoms. The third kappa shape index (κ3) is 3.21. The Balaban J connectivity index is 1.79. The standard InChI is InChI=1S/C14H27NO/c1-11(13-7-5-3-4-6-8-13)15-14-9-10-16-12(14)2/h11-15H,3-10H2,1-2H3/t11-,12?,14?/m0/s1. The van der Waals surface area contributed by atoms with Crippen LogP contribution in [-0.2, 0) is 4.74 Å². The van der Waals surface area contributed by atoms with E-state index in [9.17, 15) is 0 Å². The van der Waals surface area contributed by atoms with Crippen molar-refractivity contribution in [3.05, 3.63) is 0 Å². The molecule has 3 atom stereocenters. The molecule has 0 aromatic rings. The average molecular weight is 225 g/mol. The fourth-order valence-corrected chi connectivity index (χ4v) is 3.24. The van der Waals surface area contributed by atoms with Gasteiger partial charge in [-0.05, 0) is 39.0 Å². The molecular formula is C14H27NO. The first kappa shape index (κ1) is 12.4. The molecule has 94 valence electrons. The van der Waals surface area contributed by atoms with Crippen LogP contribution in [0.15, 0.2) is 0 Å². The van der Waals surface area contributed by atoms with Crippen LogP contribution in [0, 0.1) is 5.92 Å². The molecule has 2 heteroatoms. The molecule has 0 bridgehead atoms. The van der Waals surface area contributed by atoms with Crippen LogP contribution in [0.4, 0.5) is 0 Å². The second kappa shape index (κ2) is 6.02. The molecule has 1 aliphatic carbocycles. The van der Waals surface area contributed by atoms with Crippen molar-refractivity contribution >= 4 is 0 Å². The van der Waals surface area contributed by atoms with Crippen molar-refractivity contribution in [3.8, 4) is 0 Å². The van der Waals surface area contributed by atoms with E-state index in [2.05, 4.69) is 19.2 Å². The van der Waals surface area contributed by atoms with Crippen LogP contribution in [0.1, 0.15) is 58.8 Å². The van der Waals surface area contributed by atoms with Gasteiger partial charge in [0.1, 0.15) is 0 Å². The lowest BCUT2D eigenvalue weighted by atomic mass is 9.92. The zero-order valence-corrected chi connectivity index (χ0v) is 10.9. The Morgan fingerprint density at radius 3 is 2.31 bits per heavy atom. The van der Waals surface area contributed by atoms with E-state index in [0.717, 1.165) is 12.5 Å². The lowest BCUT2D eigenvalue weighted by Gasteiger charge is -2.28. The Hall–Kier alpha value is -0.0800. The average Bonchev–Trinajstić information content (AvgIpc) is 2.57. The third-order valence-corrected chi connectivity index (χ3v) is 4.46. The Bertz CT molecular complexity index is 199. The van der Waals surface area contributed by atoms with Gasteiger partial charge in [-0.15, -0.1) is 0 Å². The molecule has 0 amide bonds. The van der Waals surface area contributed by atoms with Crippen LogP contribution < -0.4 is 5.32 Å². The molecule has 0 radical (unpaired) electrons. The van der Waals surface area contributed by atoms with Crippen molar-refractivity contribution in [2.75, 3.05) is 6.61 Å². The highest BCUT2D eigenvalue weighted by Crippen LogP contribution is 2.26. The maximum atomic E-state index is 5.62. The van der Waals surface area contributed by atoms with Crippen LogP contribution in [0.25, 0.3) is 0 Å². The van der Waals surface area contributed by atoms with Gasteiger partial charge in [-0.1, -0.05) is 25.7 Å². The third-order valence-electron chi connectivity index (χ3n) is 4.46. The van der Waals surface area contributed by atoms with Gasteiger partial charge in [0.15, 0.2) is 0 Å². The number of ether oxygens (including phenoxy) is 1. The summed E-state index contributed by atoms with van der Waals surface area (Å²) in [6.45, 7) is 5.52. The molecule has 2 nitrogen and oxygen atoms in total. The lowest BCUT2D eigenvalue weighted by molar-refractivity contribution is 0.108. The summed E-state index contributed by atoms with van der Waals surface area (Å²) >= 11 is 0. The fourth-order valence-electron chi connectivity index (χ4n) is 3.24. The molecule has 1 aliphatic heterocycles. The molecule has 0 spiro atoms. The molecule has 1 saturated carbocycles. The lowest BCUT2D eigenvalue weighted by Crippen LogP contribution is -2.44. The van der Waals surface area contributed by atoms with E-state index < -0.39 is 0 Å². The molecule has 2 fully saturated rings. The summed E-state index contributed by atoms with van der Waals surface area (Å²) in [5.74, 6) is 0.898. The van der Waals surface area contributed by atoms with Crippen LogP contribution in [-0.4, -0.2) is 24.8 Å². The first-order chi connectivity index (χ1) is 7.77. The van der Waals surface area contributed by atoms with Crippen molar-refractivity contribution in [1.29, 1.82) is 0 Å². The van der Waals surface area contributed by atoms with Crippen molar-refractivity contribution in [2.45, 2.75) is 77.0 Å². The second-order valence-corrected chi connectivity index (χ2v) is 5.68. The van der Waals surface area contributed by atoms with Gasteiger partial charge < -0.3 is 10.1 Å². The largest absolute Gasteiger partial charge is 0.377 e. The zero-order valence-electron chi connectivity index (χ0n) is 10.9. The second-order valence-electron chi connectivity index (χ2n) is 5.68. The van der Waals surface area contributed by atoms with E-state index in [1.165, 1.54) is 44.9 Å². The summed E-state index contributed by atoms with van der Waals surface area (Å²) in [6.07, 6.45) is 10.2. The minimum absolute atomic E-state index is 0.410. The molecular weight excluding hydrogens is 198 g/mol. The first-order valence-corrected chi connectivity index (χ1v) is 7.15. The van der Waals surface area contributed by atoms with Gasteiger partial charge in [0.25, 0.3) is 0 Å². The number of rotatable bonds is 3. The summed E-state index contributed by atoms with van der Waals surface area (Å²) in [4.78, 5) is 0. The highest BCUT2D eigenvalue weighted by atomic mass is 16.5. The monoisotopic (exact) mass is 225 g/mol. The van der Waals surface area contributed by atoms with Crippen LogP contribution in [0.2, 0.25) is 0 Å². The van der Waals surface area contributed by atoms with Crippen molar-refractivity contribution in [2.24, 2.45) is 5.92 Å². The number of nitrogens with one attached hydrogen (secondary N) is 1. The van der Waals surface area contributed by atoms with Crippen LogP contribution in [0.3, 0.4) is 0 Å². The van der Waals surface area contributed by atoms with E-state index in [1.807, 2.05) is 0 Å². The molecule has 1 heterocycles. The Labute approximate surface area is 100 Å². The topological polar surface area (TPSA) is 21.3 Å². The Morgan fingerprint density at radius 1 is 1.06 bits per heavy atom. The smallest absolute Gasteiger partial charge is 0.0700 e. The molecule has 2 aliphatic rings. The predicted octanol–water partition coefficient (Wildman–Crippen LogP) is 3.11. The van der Waals surface area contributed by atoms with Crippen LogP contribution in [0.5, 0.6) is 0 Å². The first-order valence-electron chi connectivity index (χ1n) is 7.15. The van der Waals surface area contributed by atoms with Gasteiger partial charge in [-0.25, -0.2) is 0 Å². The van der Waals surface area contributed by atoms with Gasteiger partial charge >= 0.3 is 0 Å². The minimum Gasteiger partial charge on any atom is -0.377 e. The predicted molar refractivity (Wildman–Crippen MR) is 67.6 cm³/mol.